The van der Waals surface area contributed by atoms with Crippen molar-refractivity contribution in [1.82, 2.24) is 4.98 Å². The molecule has 0 unspecified atom stereocenters. The molecule has 1 heterocycles. The predicted molar refractivity (Wildman–Crippen MR) is 71.9 cm³/mol. The lowest BCUT2D eigenvalue weighted by molar-refractivity contribution is 1.11. The lowest BCUT2D eigenvalue weighted by Crippen LogP contribution is -1.93. The van der Waals surface area contributed by atoms with E-state index in [4.69, 9.17) is 5.73 Å². The number of fused-ring (bicyclic) bond motifs is 1. The highest BCUT2D eigenvalue weighted by molar-refractivity contribution is 8.00. The maximum absolute atomic E-state index is 5.96. The largest absolute Gasteiger partial charge is 0.398 e. The lowest BCUT2D eigenvalue weighted by Gasteiger charge is -2.10. The van der Waals surface area contributed by atoms with Crippen molar-refractivity contribution >= 4 is 28.2 Å². The maximum atomic E-state index is 5.96. The van der Waals surface area contributed by atoms with Gasteiger partial charge in [-0.1, -0.05) is 13.8 Å². The average Bonchev–Trinajstić information content (AvgIpc) is 2.22. The molecule has 3 heteroatoms. The molecule has 0 radical (unpaired) electrons. The third-order valence-corrected chi connectivity index (χ3v) is 3.48. The van der Waals surface area contributed by atoms with E-state index in [1.807, 2.05) is 30.9 Å². The van der Waals surface area contributed by atoms with Crippen LogP contribution in [0.15, 0.2) is 29.3 Å². The summed E-state index contributed by atoms with van der Waals surface area (Å²) in [6.45, 7) is 6.40. The number of hydrogen-bond donors (Lipinski definition) is 1. The van der Waals surface area contributed by atoms with E-state index in [2.05, 4.69) is 31.0 Å². The second-order valence-corrected chi connectivity index (χ2v) is 5.81. The van der Waals surface area contributed by atoms with Gasteiger partial charge in [0.25, 0.3) is 0 Å². The summed E-state index contributed by atoms with van der Waals surface area (Å²) in [6, 6.07) is 6.17. The van der Waals surface area contributed by atoms with E-state index in [0.29, 0.717) is 5.25 Å². The topological polar surface area (TPSA) is 38.9 Å². The third kappa shape index (κ3) is 2.14. The molecule has 0 saturated heterocycles. The van der Waals surface area contributed by atoms with Crippen LogP contribution < -0.4 is 5.73 Å². The van der Waals surface area contributed by atoms with Crippen LogP contribution in [0.4, 0.5) is 5.69 Å². The minimum atomic E-state index is 0.570. The molecule has 0 atom stereocenters. The van der Waals surface area contributed by atoms with Crippen molar-refractivity contribution in [3.05, 3.63) is 30.1 Å². The Morgan fingerprint density at radius 1 is 1.25 bits per heavy atom. The summed E-state index contributed by atoms with van der Waals surface area (Å²) in [7, 11) is 0. The number of anilines is 1. The smallest absolute Gasteiger partial charge is 0.0410 e. The van der Waals surface area contributed by atoms with Gasteiger partial charge in [-0.3, -0.25) is 4.98 Å². The summed E-state index contributed by atoms with van der Waals surface area (Å²) < 4.78 is 0. The van der Waals surface area contributed by atoms with Crippen LogP contribution >= 0.6 is 11.8 Å². The molecule has 2 aromatic rings. The van der Waals surface area contributed by atoms with Crippen molar-refractivity contribution in [1.29, 1.82) is 0 Å². The van der Waals surface area contributed by atoms with Crippen LogP contribution in [-0.4, -0.2) is 10.2 Å². The van der Waals surface area contributed by atoms with E-state index in [9.17, 15) is 0 Å². The van der Waals surface area contributed by atoms with Crippen LogP contribution in [0.1, 0.15) is 19.5 Å². The van der Waals surface area contributed by atoms with E-state index in [-0.39, 0.29) is 0 Å². The monoisotopic (exact) mass is 232 g/mol. The number of nitrogens with zero attached hydrogens (tertiary/aromatic N) is 1. The quantitative estimate of drug-likeness (QED) is 0.635. The first-order valence-electron chi connectivity index (χ1n) is 5.39. The van der Waals surface area contributed by atoms with E-state index in [0.717, 1.165) is 16.8 Å². The number of thioether (sulfide) groups is 1. The third-order valence-electron chi connectivity index (χ3n) is 2.39. The standard InChI is InChI=1S/C13H16N2S/c1-8(2)16-13-5-4-12(14)11-7-15-9(3)6-10(11)13/h4-8H,14H2,1-3H3. The first kappa shape index (κ1) is 11.3. The van der Waals surface area contributed by atoms with Gasteiger partial charge in [0, 0.05) is 38.5 Å². The highest BCUT2D eigenvalue weighted by Gasteiger charge is 2.07. The summed E-state index contributed by atoms with van der Waals surface area (Å²) in [4.78, 5) is 5.58. The molecule has 0 aliphatic rings. The highest BCUT2D eigenvalue weighted by atomic mass is 32.2. The number of benzene rings is 1. The van der Waals surface area contributed by atoms with E-state index < -0.39 is 0 Å². The zero-order valence-electron chi connectivity index (χ0n) is 9.82. The molecule has 16 heavy (non-hydrogen) atoms. The molecule has 1 aromatic carbocycles. The van der Waals surface area contributed by atoms with Crippen molar-refractivity contribution < 1.29 is 0 Å². The van der Waals surface area contributed by atoms with Crippen LogP contribution in [0.5, 0.6) is 0 Å². The summed E-state index contributed by atoms with van der Waals surface area (Å²) in [5.41, 5.74) is 7.79. The number of aromatic nitrogens is 1. The SMILES string of the molecule is Cc1cc2c(SC(C)C)ccc(N)c2cn1. The van der Waals surface area contributed by atoms with Gasteiger partial charge in [-0.2, -0.15) is 0 Å². The average molecular weight is 232 g/mol. The van der Waals surface area contributed by atoms with Crippen molar-refractivity contribution in [2.24, 2.45) is 0 Å². The van der Waals surface area contributed by atoms with Crippen LogP contribution in [-0.2, 0) is 0 Å². The molecule has 2 N–H and O–H groups in total. The number of nitrogen functional groups attached to an aromatic ring is 1. The maximum Gasteiger partial charge on any atom is 0.0410 e. The fourth-order valence-corrected chi connectivity index (χ4v) is 2.65. The van der Waals surface area contributed by atoms with Gasteiger partial charge < -0.3 is 5.73 Å². The Morgan fingerprint density at radius 2 is 2.00 bits per heavy atom. The Hall–Kier alpha value is -1.22. The van der Waals surface area contributed by atoms with Gasteiger partial charge in [0.05, 0.1) is 0 Å². The molecule has 0 aliphatic heterocycles. The Morgan fingerprint density at radius 3 is 2.69 bits per heavy atom. The summed E-state index contributed by atoms with van der Waals surface area (Å²) in [5.74, 6) is 0. The van der Waals surface area contributed by atoms with Crippen molar-refractivity contribution in [2.45, 2.75) is 30.9 Å². The molecule has 2 nitrogen and oxygen atoms in total. The fraction of sp³-hybridized carbons (Fsp3) is 0.308. The molecule has 1 aromatic heterocycles. The Bertz CT molecular complexity index is 521. The van der Waals surface area contributed by atoms with Gasteiger partial charge in [0.15, 0.2) is 0 Å². The van der Waals surface area contributed by atoms with Gasteiger partial charge in [0.1, 0.15) is 0 Å². The molecule has 0 bridgehead atoms. The van der Waals surface area contributed by atoms with E-state index in [1.165, 1.54) is 10.3 Å². The van der Waals surface area contributed by atoms with Crippen LogP contribution in [0.2, 0.25) is 0 Å². The number of nitrogens with two attached hydrogens (primary N) is 1. The predicted octanol–water partition coefficient (Wildman–Crippen LogP) is 3.63. The van der Waals surface area contributed by atoms with Crippen LogP contribution in [0, 0.1) is 6.92 Å². The number of hydrogen-bond acceptors (Lipinski definition) is 3. The van der Waals surface area contributed by atoms with E-state index >= 15 is 0 Å². The molecule has 0 amide bonds. The molecule has 0 aliphatic carbocycles. The van der Waals surface area contributed by atoms with Gasteiger partial charge in [-0.25, -0.2) is 0 Å². The lowest BCUT2D eigenvalue weighted by atomic mass is 10.1. The van der Waals surface area contributed by atoms with Crippen molar-refractivity contribution in [3.8, 4) is 0 Å². The Balaban J connectivity index is 2.65. The van der Waals surface area contributed by atoms with Crippen molar-refractivity contribution in [3.63, 3.8) is 0 Å². The summed E-state index contributed by atoms with van der Waals surface area (Å²) >= 11 is 1.86. The minimum absolute atomic E-state index is 0.570. The highest BCUT2D eigenvalue weighted by Crippen LogP contribution is 2.33. The number of pyridine rings is 1. The molecular formula is C13H16N2S. The molecular weight excluding hydrogens is 216 g/mol. The van der Waals surface area contributed by atoms with Gasteiger partial charge in [0.2, 0.25) is 0 Å². The number of aryl methyl sites for hydroxylation is 1. The molecule has 0 fully saturated rings. The van der Waals surface area contributed by atoms with Crippen molar-refractivity contribution in [2.75, 3.05) is 5.73 Å². The Labute approximate surface area is 100 Å². The minimum Gasteiger partial charge on any atom is -0.398 e. The zero-order valence-corrected chi connectivity index (χ0v) is 10.6. The molecule has 84 valence electrons. The van der Waals surface area contributed by atoms with E-state index in [1.54, 1.807) is 0 Å². The van der Waals surface area contributed by atoms with Crippen LogP contribution in [0.3, 0.4) is 0 Å². The first-order chi connectivity index (χ1) is 7.58. The normalized spacial score (nSPS) is 11.2. The first-order valence-corrected chi connectivity index (χ1v) is 6.27. The molecule has 0 saturated carbocycles. The second-order valence-electron chi connectivity index (χ2n) is 4.19. The fourth-order valence-electron chi connectivity index (χ4n) is 1.70. The molecule has 2 rings (SSSR count). The zero-order chi connectivity index (χ0) is 11.7. The summed E-state index contributed by atoms with van der Waals surface area (Å²) in [6.07, 6.45) is 1.87. The van der Waals surface area contributed by atoms with Gasteiger partial charge in [-0.15, -0.1) is 11.8 Å². The molecule has 0 spiro atoms. The van der Waals surface area contributed by atoms with Crippen LogP contribution in [0.25, 0.3) is 10.8 Å². The van der Waals surface area contributed by atoms with Gasteiger partial charge in [-0.05, 0) is 25.1 Å². The second kappa shape index (κ2) is 4.34. The van der Waals surface area contributed by atoms with Gasteiger partial charge >= 0.3 is 0 Å². The Kier molecular flexibility index (Phi) is 3.06. The number of rotatable bonds is 2. The summed E-state index contributed by atoms with van der Waals surface area (Å²) in [5, 5.41) is 2.84.